The van der Waals surface area contributed by atoms with E-state index in [0.29, 0.717) is 5.88 Å². The average Bonchev–Trinajstić information content (AvgIpc) is 2.52. The first-order valence-corrected chi connectivity index (χ1v) is 7.12. The molecule has 1 aromatic heterocycles. The van der Waals surface area contributed by atoms with Crippen LogP contribution in [-0.2, 0) is 19.4 Å². The third-order valence-electron chi connectivity index (χ3n) is 3.50. The van der Waals surface area contributed by atoms with E-state index in [1.165, 1.54) is 16.8 Å². The molecule has 3 nitrogen and oxygen atoms in total. The van der Waals surface area contributed by atoms with Crippen molar-refractivity contribution < 1.29 is 4.74 Å². The monoisotopic (exact) mass is 270 g/mol. The molecule has 0 saturated heterocycles. The second kappa shape index (κ2) is 6.94. The molecule has 1 aromatic carbocycles. The van der Waals surface area contributed by atoms with Gasteiger partial charge in [-0.05, 0) is 30.0 Å². The second-order valence-electron chi connectivity index (χ2n) is 4.68. The Morgan fingerprint density at radius 3 is 2.25 bits per heavy atom. The van der Waals surface area contributed by atoms with Gasteiger partial charge in [0.25, 0.3) is 0 Å². The molecule has 0 radical (unpaired) electrons. The van der Waals surface area contributed by atoms with Crippen molar-refractivity contribution in [1.82, 2.24) is 4.98 Å². The Bertz CT molecular complexity index is 544. The highest BCUT2D eigenvalue weighted by Gasteiger charge is 2.08. The van der Waals surface area contributed by atoms with Crippen LogP contribution in [0.3, 0.4) is 0 Å². The van der Waals surface area contributed by atoms with E-state index in [-0.39, 0.29) is 0 Å². The van der Waals surface area contributed by atoms with Crippen LogP contribution in [0.4, 0.5) is 5.69 Å². The zero-order valence-corrected chi connectivity index (χ0v) is 12.4. The predicted molar refractivity (Wildman–Crippen MR) is 83.3 cm³/mol. The Balaban J connectivity index is 2.22. The summed E-state index contributed by atoms with van der Waals surface area (Å²) in [4.78, 5) is 4.23. The highest BCUT2D eigenvalue weighted by Crippen LogP contribution is 2.24. The van der Waals surface area contributed by atoms with Crippen LogP contribution >= 0.6 is 0 Å². The van der Waals surface area contributed by atoms with Gasteiger partial charge in [-0.2, -0.15) is 0 Å². The molecular weight excluding hydrogens is 248 g/mol. The zero-order chi connectivity index (χ0) is 14.4. The number of nitrogens with zero attached hydrogens (tertiary/aromatic N) is 1. The van der Waals surface area contributed by atoms with Crippen molar-refractivity contribution in [2.45, 2.75) is 33.2 Å². The molecule has 0 aliphatic carbocycles. The molecule has 1 N–H and O–H groups in total. The summed E-state index contributed by atoms with van der Waals surface area (Å²) in [5.41, 5.74) is 5.03. The van der Waals surface area contributed by atoms with Crippen LogP contribution in [0.2, 0.25) is 0 Å². The molecule has 2 aromatic rings. The molecular formula is C17H22N2O. The van der Waals surface area contributed by atoms with Crippen molar-refractivity contribution >= 4 is 5.69 Å². The van der Waals surface area contributed by atoms with E-state index in [2.05, 4.69) is 42.3 Å². The fraction of sp³-hybridized carbons (Fsp3) is 0.353. The molecule has 0 bridgehead atoms. The van der Waals surface area contributed by atoms with Gasteiger partial charge in [0.05, 0.1) is 7.11 Å². The van der Waals surface area contributed by atoms with E-state index in [9.17, 15) is 0 Å². The van der Waals surface area contributed by atoms with Gasteiger partial charge < -0.3 is 10.1 Å². The van der Waals surface area contributed by atoms with Crippen molar-refractivity contribution in [2.24, 2.45) is 0 Å². The molecule has 0 aliphatic heterocycles. The van der Waals surface area contributed by atoms with E-state index < -0.39 is 0 Å². The van der Waals surface area contributed by atoms with E-state index in [1.807, 2.05) is 12.1 Å². The molecule has 0 saturated carbocycles. The lowest BCUT2D eigenvalue weighted by atomic mass is 10.0. The molecule has 0 amide bonds. The number of pyridine rings is 1. The topological polar surface area (TPSA) is 34.2 Å². The molecule has 3 heteroatoms. The summed E-state index contributed by atoms with van der Waals surface area (Å²) >= 11 is 0. The van der Waals surface area contributed by atoms with Crippen LogP contribution in [0.25, 0.3) is 0 Å². The Labute approximate surface area is 121 Å². The summed E-state index contributed by atoms with van der Waals surface area (Å²) in [5.74, 6) is 0.687. The minimum Gasteiger partial charge on any atom is -0.481 e. The average molecular weight is 270 g/mol. The lowest BCUT2D eigenvalue weighted by Crippen LogP contribution is -2.07. The maximum absolute atomic E-state index is 5.30. The van der Waals surface area contributed by atoms with Crippen LogP contribution < -0.4 is 10.1 Å². The number of aryl methyl sites for hydroxylation is 2. The van der Waals surface area contributed by atoms with Crippen molar-refractivity contribution in [3.05, 3.63) is 53.2 Å². The first kappa shape index (κ1) is 14.4. The maximum atomic E-state index is 5.30. The van der Waals surface area contributed by atoms with Crippen molar-refractivity contribution in [3.8, 4) is 5.88 Å². The van der Waals surface area contributed by atoms with Crippen molar-refractivity contribution in [1.29, 1.82) is 0 Å². The minimum absolute atomic E-state index is 0.687. The van der Waals surface area contributed by atoms with Crippen molar-refractivity contribution in [2.75, 3.05) is 12.4 Å². The number of methoxy groups -OCH3 is 1. The minimum atomic E-state index is 0.687. The van der Waals surface area contributed by atoms with E-state index in [4.69, 9.17) is 4.74 Å². The van der Waals surface area contributed by atoms with Gasteiger partial charge in [-0.25, -0.2) is 4.98 Å². The first-order chi connectivity index (χ1) is 9.80. The van der Waals surface area contributed by atoms with Gasteiger partial charge in [0, 0.05) is 24.0 Å². The molecule has 0 unspecified atom stereocenters. The molecule has 0 atom stereocenters. The number of para-hydroxylation sites is 1. The fourth-order valence-electron chi connectivity index (χ4n) is 2.40. The van der Waals surface area contributed by atoms with E-state index in [0.717, 1.165) is 24.9 Å². The van der Waals surface area contributed by atoms with Crippen LogP contribution in [0, 0.1) is 0 Å². The quantitative estimate of drug-likeness (QED) is 0.866. The summed E-state index contributed by atoms with van der Waals surface area (Å²) in [6, 6.07) is 10.5. The molecule has 0 spiro atoms. The van der Waals surface area contributed by atoms with Crippen LogP contribution in [0.5, 0.6) is 5.88 Å². The number of benzene rings is 1. The standard InChI is InChI=1S/C17H22N2O/c1-4-13-8-6-9-14(5-2)16(13)19-12-15-10-7-11-18-17(15)20-3/h6-11,19H,4-5,12H2,1-3H3. The molecule has 106 valence electrons. The molecule has 2 rings (SSSR count). The number of nitrogens with one attached hydrogen (secondary N) is 1. The third-order valence-corrected chi connectivity index (χ3v) is 3.50. The summed E-state index contributed by atoms with van der Waals surface area (Å²) in [5, 5.41) is 3.55. The maximum Gasteiger partial charge on any atom is 0.218 e. The Kier molecular flexibility index (Phi) is 4.99. The van der Waals surface area contributed by atoms with E-state index >= 15 is 0 Å². The second-order valence-corrected chi connectivity index (χ2v) is 4.68. The van der Waals surface area contributed by atoms with E-state index in [1.54, 1.807) is 13.3 Å². The number of rotatable bonds is 6. The number of hydrogen-bond donors (Lipinski definition) is 1. The predicted octanol–water partition coefficient (Wildman–Crippen LogP) is 3.83. The highest BCUT2D eigenvalue weighted by molar-refractivity contribution is 5.58. The number of anilines is 1. The SMILES string of the molecule is CCc1cccc(CC)c1NCc1cccnc1OC. The zero-order valence-electron chi connectivity index (χ0n) is 12.4. The third kappa shape index (κ3) is 3.10. The number of ether oxygens (including phenoxy) is 1. The number of hydrogen-bond acceptors (Lipinski definition) is 3. The van der Waals surface area contributed by atoms with Gasteiger partial charge in [-0.3, -0.25) is 0 Å². The van der Waals surface area contributed by atoms with Gasteiger partial charge in [-0.15, -0.1) is 0 Å². The number of aromatic nitrogens is 1. The summed E-state index contributed by atoms with van der Waals surface area (Å²) in [6.45, 7) is 5.09. The van der Waals surface area contributed by atoms with Crippen LogP contribution in [-0.4, -0.2) is 12.1 Å². The molecule has 0 fully saturated rings. The van der Waals surface area contributed by atoms with Gasteiger partial charge in [0.15, 0.2) is 0 Å². The largest absolute Gasteiger partial charge is 0.481 e. The summed E-state index contributed by atoms with van der Waals surface area (Å²) in [6.07, 6.45) is 3.81. The van der Waals surface area contributed by atoms with Gasteiger partial charge >= 0.3 is 0 Å². The molecule has 20 heavy (non-hydrogen) atoms. The Hall–Kier alpha value is -2.03. The van der Waals surface area contributed by atoms with Gasteiger partial charge in [0.2, 0.25) is 5.88 Å². The Morgan fingerprint density at radius 1 is 1.00 bits per heavy atom. The smallest absolute Gasteiger partial charge is 0.218 e. The molecule has 1 heterocycles. The lowest BCUT2D eigenvalue weighted by Gasteiger charge is -2.16. The lowest BCUT2D eigenvalue weighted by molar-refractivity contribution is 0.393. The first-order valence-electron chi connectivity index (χ1n) is 7.12. The fourth-order valence-corrected chi connectivity index (χ4v) is 2.40. The summed E-state index contributed by atoms with van der Waals surface area (Å²) in [7, 11) is 1.66. The highest BCUT2D eigenvalue weighted by atomic mass is 16.5. The normalized spacial score (nSPS) is 10.3. The summed E-state index contributed by atoms with van der Waals surface area (Å²) < 4.78 is 5.30. The van der Waals surface area contributed by atoms with Crippen LogP contribution in [0.15, 0.2) is 36.5 Å². The van der Waals surface area contributed by atoms with Gasteiger partial charge in [-0.1, -0.05) is 38.1 Å². The molecule has 0 aliphatic rings. The Morgan fingerprint density at radius 2 is 1.65 bits per heavy atom. The van der Waals surface area contributed by atoms with Crippen LogP contribution in [0.1, 0.15) is 30.5 Å². The van der Waals surface area contributed by atoms with Crippen molar-refractivity contribution in [3.63, 3.8) is 0 Å². The van der Waals surface area contributed by atoms with Gasteiger partial charge in [0.1, 0.15) is 0 Å².